The maximum atomic E-state index is 11.5. The third-order valence-electron chi connectivity index (χ3n) is 3.57. The van der Waals surface area contributed by atoms with Gasteiger partial charge in [-0.3, -0.25) is 9.59 Å². The second-order valence-corrected chi connectivity index (χ2v) is 5.73. The maximum absolute atomic E-state index is 11.5. The highest BCUT2D eigenvalue weighted by Gasteiger charge is 2.12. The van der Waals surface area contributed by atoms with Crippen LogP contribution in [-0.4, -0.2) is 47.3 Å². The van der Waals surface area contributed by atoms with Gasteiger partial charge in [-0.15, -0.1) is 0 Å². The summed E-state index contributed by atoms with van der Waals surface area (Å²) in [5.74, 6) is -3.15. The number of carboxylic acid groups (broad SMARTS) is 2. The lowest BCUT2D eigenvalue weighted by atomic mass is 10.1. The second-order valence-electron chi connectivity index (χ2n) is 5.73. The molecule has 0 fully saturated rings. The van der Waals surface area contributed by atoms with Crippen molar-refractivity contribution in [2.45, 2.75) is 32.6 Å². The van der Waals surface area contributed by atoms with Gasteiger partial charge in [-0.25, -0.2) is 9.59 Å². The first kappa shape index (κ1) is 21.1. The Labute approximate surface area is 150 Å². The summed E-state index contributed by atoms with van der Waals surface area (Å²) in [6.45, 7) is 2.21. The molecule has 3 rings (SSSR count). The zero-order chi connectivity index (χ0) is 19.5. The molecule has 1 aromatic carbocycles. The van der Waals surface area contributed by atoms with Crippen molar-refractivity contribution in [1.29, 1.82) is 0 Å². The third kappa shape index (κ3) is 7.78. The average Bonchev–Trinajstić information content (AvgIpc) is 2.61. The summed E-state index contributed by atoms with van der Waals surface area (Å²) in [6.07, 6.45) is 1.53. The monoisotopic (exact) mass is 366 g/mol. The normalized spacial score (nSPS) is 15.3. The van der Waals surface area contributed by atoms with Gasteiger partial charge in [-0.05, 0) is 43.5 Å². The molecule has 142 valence electrons. The number of aliphatic carboxylic acids is 2. The molecular formula is C18H22O8. The number of carboxylic acids is 2. The molecule has 2 aliphatic heterocycles. The van der Waals surface area contributed by atoms with E-state index in [-0.39, 0.29) is 24.8 Å². The molecule has 1 aromatic rings. The van der Waals surface area contributed by atoms with Crippen LogP contribution in [0.25, 0.3) is 0 Å². The van der Waals surface area contributed by atoms with Crippen LogP contribution >= 0.6 is 0 Å². The van der Waals surface area contributed by atoms with E-state index in [0.717, 1.165) is 0 Å². The van der Waals surface area contributed by atoms with E-state index in [4.69, 9.17) is 19.7 Å². The summed E-state index contributed by atoms with van der Waals surface area (Å²) in [7, 11) is 0. The largest absolute Gasteiger partial charge is 0.481 e. The van der Waals surface area contributed by atoms with E-state index in [2.05, 4.69) is 0 Å². The summed E-state index contributed by atoms with van der Waals surface area (Å²) in [4.78, 5) is 43.0. The Morgan fingerprint density at radius 1 is 0.962 bits per heavy atom. The molecule has 2 heterocycles. The van der Waals surface area contributed by atoms with E-state index in [1.807, 2.05) is 0 Å². The van der Waals surface area contributed by atoms with Crippen molar-refractivity contribution in [2.75, 3.05) is 13.2 Å². The van der Waals surface area contributed by atoms with Gasteiger partial charge in [0, 0.05) is 6.42 Å². The number of carbonyl (C=O) groups excluding carboxylic acids is 2. The van der Waals surface area contributed by atoms with Gasteiger partial charge in [-0.2, -0.15) is 0 Å². The van der Waals surface area contributed by atoms with Crippen molar-refractivity contribution in [1.82, 2.24) is 0 Å². The summed E-state index contributed by atoms with van der Waals surface area (Å²) in [6, 6.07) is 6.28. The first-order valence-corrected chi connectivity index (χ1v) is 8.20. The number of ether oxygens (including phenoxy) is 2. The SMILES string of the molecule is CC(CCC(=O)O)C(=O)O.O=C1OCCCCOC(=O)c2ccc1cc2. The Morgan fingerprint density at radius 3 is 1.73 bits per heavy atom. The summed E-state index contributed by atoms with van der Waals surface area (Å²) >= 11 is 0. The number of rotatable bonds is 4. The molecule has 2 bridgehead atoms. The smallest absolute Gasteiger partial charge is 0.338 e. The van der Waals surface area contributed by atoms with E-state index in [1.165, 1.54) is 6.92 Å². The molecular weight excluding hydrogens is 344 g/mol. The number of benzene rings is 1. The van der Waals surface area contributed by atoms with Gasteiger partial charge in [0.2, 0.25) is 0 Å². The molecule has 0 saturated carbocycles. The van der Waals surface area contributed by atoms with Crippen molar-refractivity contribution in [3.63, 3.8) is 0 Å². The fourth-order valence-corrected chi connectivity index (χ4v) is 1.91. The lowest BCUT2D eigenvalue weighted by Crippen LogP contribution is -2.12. The van der Waals surface area contributed by atoms with Gasteiger partial charge >= 0.3 is 23.9 Å². The van der Waals surface area contributed by atoms with E-state index in [9.17, 15) is 19.2 Å². The van der Waals surface area contributed by atoms with Crippen LogP contribution in [0.3, 0.4) is 0 Å². The zero-order valence-electron chi connectivity index (χ0n) is 14.5. The molecule has 8 heteroatoms. The van der Waals surface area contributed by atoms with Gasteiger partial charge in [0.05, 0.1) is 30.3 Å². The van der Waals surface area contributed by atoms with Crippen molar-refractivity contribution in [3.8, 4) is 0 Å². The Morgan fingerprint density at radius 2 is 1.38 bits per heavy atom. The first-order chi connectivity index (χ1) is 12.3. The summed E-state index contributed by atoms with van der Waals surface area (Å²) < 4.78 is 10.1. The third-order valence-corrected chi connectivity index (χ3v) is 3.57. The summed E-state index contributed by atoms with van der Waals surface area (Å²) in [5.41, 5.74) is 0.911. The van der Waals surface area contributed by atoms with Crippen LogP contribution in [0.5, 0.6) is 0 Å². The number of esters is 2. The van der Waals surface area contributed by atoms with Crippen LogP contribution in [0.1, 0.15) is 53.3 Å². The molecule has 8 nitrogen and oxygen atoms in total. The fraction of sp³-hybridized carbons (Fsp3) is 0.444. The van der Waals surface area contributed by atoms with Crippen LogP contribution in [0.2, 0.25) is 0 Å². The minimum Gasteiger partial charge on any atom is -0.481 e. The van der Waals surface area contributed by atoms with Crippen LogP contribution < -0.4 is 0 Å². The Hall–Kier alpha value is -2.90. The molecule has 26 heavy (non-hydrogen) atoms. The molecule has 0 radical (unpaired) electrons. The second kappa shape index (κ2) is 10.9. The van der Waals surface area contributed by atoms with Crippen molar-refractivity contribution in [3.05, 3.63) is 35.4 Å². The van der Waals surface area contributed by atoms with Crippen LogP contribution in [0, 0.1) is 5.92 Å². The van der Waals surface area contributed by atoms with E-state index >= 15 is 0 Å². The standard InChI is InChI=1S/C12H12O4.C6H10O4/c13-11-9-3-5-10(6-4-9)12(14)16-8-2-1-7-15-11;1-4(6(9)10)2-3-5(7)8/h3-6H,1-2,7-8H2;4H,2-3H2,1H3,(H,7,8)(H,9,10). The van der Waals surface area contributed by atoms with Gasteiger partial charge in [0.15, 0.2) is 0 Å². The quantitative estimate of drug-likeness (QED) is 0.778. The van der Waals surface area contributed by atoms with E-state index < -0.39 is 17.9 Å². The predicted octanol–water partition coefficient (Wildman–Crippen LogP) is 2.37. The number of carbonyl (C=O) groups is 4. The zero-order valence-corrected chi connectivity index (χ0v) is 14.5. The highest BCUT2D eigenvalue weighted by Crippen LogP contribution is 2.09. The van der Waals surface area contributed by atoms with Crippen molar-refractivity contribution >= 4 is 23.9 Å². The lowest BCUT2D eigenvalue weighted by Gasteiger charge is -2.09. The molecule has 0 aliphatic carbocycles. The van der Waals surface area contributed by atoms with Gasteiger partial charge < -0.3 is 19.7 Å². The molecule has 0 amide bonds. The molecule has 0 spiro atoms. The van der Waals surface area contributed by atoms with Gasteiger partial charge in [-0.1, -0.05) is 6.92 Å². The number of fused-ring (bicyclic) bond motifs is 9. The molecule has 1 atom stereocenters. The van der Waals surface area contributed by atoms with Crippen LogP contribution in [-0.2, 0) is 19.1 Å². The maximum Gasteiger partial charge on any atom is 0.338 e. The predicted molar refractivity (Wildman–Crippen MR) is 89.9 cm³/mol. The van der Waals surface area contributed by atoms with Crippen LogP contribution in [0.4, 0.5) is 0 Å². The summed E-state index contributed by atoms with van der Waals surface area (Å²) in [5, 5.41) is 16.5. The molecule has 2 aliphatic rings. The Kier molecular flexibility index (Phi) is 8.83. The van der Waals surface area contributed by atoms with Gasteiger partial charge in [0.1, 0.15) is 0 Å². The Bertz CT molecular complexity index is 596. The number of hydrogen-bond donors (Lipinski definition) is 2. The highest BCUT2D eigenvalue weighted by atomic mass is 16.5. The van der Waals surface area contributed by atoms with Gasteiger partial charge in [0.25, 0.3) is 0 Å². The van der Waals surface area contributed by atoms with Crippen molar-refractivity contribution in [2.24, 2.45) is 5.92 Å². The minimum absolute atomic E-state index is 0.0759. The van der Waals surface area contributed by atoms with Crippen molar-refractivity contribution < 1.29 is 38.9 Å². The lowest BCUT2D eigenvalue weighted by molar-refractivity contribution is -0.142. The topological polar surface area (TPSA) is 127 Å². The molecule has 2 N–H and O–H groups in total. The van der Waals surface area contributed by atoms with E-state index in [0.29, 0.717) is 37.2 Å². The molecule has 1 unspecified atom stereocenters. The molecule has 0 saturated heterocycles. The van der Waals surface area contributed by atoms with Crippen LogP contribution in [0.15, 0.2) is 24.3 Å². The minimum atomic E-state index is -0.951. The number of hydrogen-bond acceptors (Lipinski definition) is 6. The highest BCUT2D eigenvalue weighted by molar-refractivity contribution is 5.93. The first-order valence-electron chi connectivity index (χ1n) is 8.20. The Balaban J connectivity index is 0.000000294. The molecule has 0 aromatic heterocycles. The van der Waals surface area contributed by atoms with E-state index in [1.54, 1.807) is 24.3 Å². The fourth-order valence-electron chi connectivity index (χ4n) is 1.91. The average molecular weight is 366 g/mol.